The smallest absolute Gasteiger partial charge is 0.224 e. The van der Waals surface area contributed by atoms with Gasteiger partial charge in [-0.3, -0.25) is 9.59 Å². The monoisotopic (exact) mass is 317 g/mol. The number of amides is 2. The van der Waals surface area contributed by atoms with Crippen molar-refractivity contribution in [3.63, 3.8) is 0 Å². The van der Waals surface area contributed by atoms with E-state index in [2.05, 4.69) is 16.0 Å². The van der Waals surface area contributed by atoms with Gasteiger partial charge < -0.3 is 16.0 Å². The fraction of sp³-hybridized carbons (Fsp3) is 0.556. The predicted octanol–water partition coefficient (Wildman–Crippen LogP) is 2.43. The third kappa shape index (κ3) is 6.40. The Labute approximate surface area is 138 Å². The van der Waals surface area contributed by atoms with Crippen LogP contribution >= 0.6 is 0 Å². The van der Waals surface area contributed by atoms with Gasteiger partial charge in [-0.1, -0.05) is 26.0 Å². The summed E-state index contributed by atoms with van der Waals surface area (Å²) in [6.45, 7) is 5.53. The van der Waals surface area contributed by atoms with E-state index in [4.69, 9.17) is 0 Å². The molecular weight excluding hydrogens is 290 g/mol. The lowest BCUT2D eigenvalue weighted by Gasteiger charge is -2.12. The molecule has 3 N–H and O–H groups in total. The fourth-order valence-corrected chi connectivity index (χ4v) is 2.77. The predicted molar refractivity (Wildman–Crippen MR) is 92.0 cm³/mol. The Bertz CT molecular complexity index is 537. The second-order valence-electron chi connectivity index (χ2n) is 6.62. The van der Waals surface area contributed by atoms with Crippen molar-refractivity contribution in [2.75, 3.05) is 11.9 Å². The second kappa shape index (κ2) is 8.67. The molecule has 1 aliphatic heterocycles. The number of rotatable bonds is 7. The Balaban J connectivity index is 1.79. The van der Waals surface area contributed by atoms with Gasteiger partial charge in [0.25, 0.3) is 0 Å². The van der Waals surface area contributed by atoms with Gasteiger partial charge in [0.2, 0.25) is 11.8 Å². The quantitative estimate of drug-likeness (QED) is 0.723. The van der Waals surface area contributed by atoms with Crippen molar-refractivity contribution in [3.05, 3.63) is 29.8 Å². The van der Waals surface area contributed by atoms with E-state index < -0.39 is 0 Å². The fourth-order valence-electron chi connectivity index (χ4n) is 2.77. The highest BCUT2D eigenvalue weighted by atomic mass is 16.2. The lowest BCUT2D eigenvalue weighted by atomic mass is 10.1. The number of nitrogens with one attached hydrogen (secondary N) is 3. The molecule has 1 atom stereocenters. The van der Waals surface area contributed by atoms with Crippen LogP contribution in [0.3, 0.4) is 0 Å². The third-order valence-corrected chi connectivity index (χ3v) is 3.89. The lowest BCUT2D eigenvalue weighted by molar-refractivity contribution is -0.121. The van der Waals surface area contributed by atoms with Gasteiger partial charge in [-0.15, -0.1) is 0 Å². The molecule has 1 aliphatic rings. The first kappa shape index (κ1) is 17.5. The van der Waals surface area contributed by atoms with Gasteiger partial charge in [-0.25, -0.2) is 0 Å². The van der Waals surface area contributed by atoms with Crippen molar-refractivity contribution >= 4 is 17.5 Å². The first-order valence-electron chi connectivity index (χ1n) is 8.42. The number of carbonyl (C=O) groups excluding carboxylic acids is 2. The van der Waals surface area contributed by atoms with Crippen LogP contribution in [-0.2, 0) is 16.1 Å². The third-order valence-electron chi connectivity index (χ3n) is 3.89. The number of hydrogen-bond acceptors (Lipinski definition) is 3. The summed E-state index contributed by atoms with van der Waals surface area (Å²) < 4.78 is 0. The molecule has 0 aliphatic carbocycles. The van der Waals surface area contributed by atoms with E-state index in [0.717, 1.165) is 30.6 Å². The van der Waals surface area contributed by atoms with Crippen LogP contribution in [0.25, 0.3) is 0 Å². The minimum Gasteiger partial charge on any atom is -0.352 e. The van der Waals surface area contributed by atoms with Crippen LogP contribution in [0.4, 0.5) is 5.69 Å². The van der Waals surface area contributed by atoms with Gasteiger partial charge in [0.15, 0.2) is 0 Å². The van der Waals surface area contributed by atoms with Crippen molar-refractivity contribution in [2.24, 2.45) is 5.92 Å². The lowest BCUT2D eigenvalue weighted by Crippen LogP contribution is -2.31. The molecule has 23 heavy (non-hydrogen) atoms. The molecule has 5 nitrogen and oxygen atoms in total. The highest BCUT2D eigenvalue weighted by Crippen LogP contribution is 2.13. The van der Waals surface area contributed by atoms with Crippen molar-refractivity contribution in [2.45, 2.75) is 52.1 Å². The Morgan fingerprint density at radius 1 is 1.30 bits per heavy atom. The molecule has 1 heterocycles. The van der Waals surface area contributed by atoms with Crippen molar-refractivity contribution in [1.29, 1.82) is 0 Å². The first-order valence-corrected chi connectivity index (χ1v) is 8.42. The van der Waals surface area contributed by atoms with E-state index in [1.807, 2.05) is 38.1 Å². The normalized spacial score (nSPS) is 17.3. The van der Waals surface area contributed by atoms with Gasteiger partial charge in [-0.2, -0.15) is 0 Å². The first-order chi connectivity index (χ1) is 11.0. The van der Waals surface area contributed by atoms with E-state index in [1.54, 1.807) is 0 Å². The standard InChI is InChI=1S/C18H27N3O2/c1-13(2)9-18(23)21-16-6-3-5-14(10-16)12-20-17(22)11-15-7-4-8-19-15/h3,5-6,10,13,15,19H,4,7-9,11-12H2,1-2H3,(H,20,22)(H,21,23). The highest BCUT2D eigenvalue weighted by Gasteiger charge is 2.17. The van der Waals surface area contributed by atoms with Crippen molar-refractivity contribution in [3.8, 4) is 0 Å². The van der Waals surface area contributed by atoms with E-state index in [9.17, 15) is 9.59 Å². The summed E-state index contributed by atoms with van der Waals surface area (Å²) in [5.74, 6) is 0.425. The molecule has 0 spiro atoms. The average Bonchev–Trinajstić information content (AvgIpc) is 2.97. The van der Waals surface area contributed by atoms with Crippen LogP contribution in [0.2, 0.25) is 0 Å². The van der Waals surface area contributed by atoms with E-state index >= 15 is 0 Å². The van der Waals surface area contributed by atoms with Gasteiger partial charge >= 0.3 is 0 Å². The van der Waals surface area contributed by atoms with Crippen LogP contribution in [0.1, 0.15) is 45.1 Å². The zero-order valence-electron chi connectivity index (χ0n) is 14.0. The number of anilines is 1. The maximum atomic E-state index is 11.9. The summed E-state index contributed by atoms with van der Waals surface area (Å²) in [7, 11) is 0. The van der Waals surface area contributed by atoms with Gasteiger partial charge in [0, 0.05) is 31.1 Å². The van der Waals surface area contributed by atoms with Gasteiger partial charge in [0.1, 0.15) is 0 Å². The molecular formula is C18H27N3O2. The molecule has 1 aromatic carbocycles. The summed E-state index contributed by atoms with van der Waals surface area (Å²) in [5.41, 5.74) is 1.76. The zero-order chi connectivity index (χ0) is 16.7. The summed E-state index contributed by atoms with van der Waals surface area (Å²) in [6, 6.07) is 7.94. The molecule has 1 unspecified atom stereocenters. The summed E-state index contributed by atoms with van der Waals surface area (Å²) in [6.07, 6.45) is 3.26. The van der Waals surface area contributed by atoms with Crippen LogP contribution in [0.5, 0.6) is 0 Å². The minimum absolute atomic E-state index is 0.0218. The number of hydrogen-bond donors (Lipinski definition) is 3. The molecule has 5 heteroatoms. The van der Waals surface area contributed by atoms with E-state index in [0.29, 0.717) is 31.3 Å². The Morgan fingerprint density at radius 3 is 2.83 bits per heavy atom. The number of benzene rings is 1. The molecule has 1 fully saturated rings. The minimum atomic E-state index is 0.0218. The van der Waals surface area contributed by atoms with Gasteiger partial charge in [0.05, 0.1) is 0 Å². The molecule has 2 rings (SSSR count). The molecule has 0 radical (unpaired) electrons. The molecule has 0 saturated carbocycles. The van der Waals surface area contributed by atoms with Crippen molar-refractivity contribution in [1.82, 2.24) is 10.6 Å². The summed E-state index contributed by atoms with van der Waals surface area (Å²) in [4.78, 5) is 23.7. The molecule has 2 amide bonds. The second-order valence-corrected chi connectivity index (χ2v) is 6.62. The van der Waals surface area contributed by atoms with E-state index in [1.165, 1.54) is 0 Å². The zero-order valence-corrected chi connectivity index (χ0v) is 14.0. The molecule has 1 saturated heterocycles. The molecule has 126 valence electrons. The molecule has 1 aromatic rings. The highest BCUT2D eigenvalue weighted by molar-refractivity contribution is 5.90. The molecule has 0 bridgehead atoms. The maximum absolute atomic E-state index is 11.9. The average molecular weight is 317 g/mol. The Morgan fingerprint density at radius 2 is 2.13 bits per heavy atom. The van der Waals surface area contributed by atoms with Crippen LogP contribution in [0.15, 0.2) is 24.3 Å². The summed E-state index contributed by atoms with van der Waals surface area (Å²) in [5, 5.41) is 9.17. The van der Waals surface area contributed by atoms with E-state index in [-0.39, 0.29) is 11.8 Å². The topological polar surface area (TPSA) is 70.2 Å². The maximum Gasteiger partial charge on any atom is 0.224 e. The summed E-state index contributed by atoms with van der Waals surface area (Å²) >= 11 is 0. The largest absolute Gasteiger partial charge is 0.352 e. The van der Waals surface area contributed by atoms with Gasteiger partial charge in [-0.05, 0) is 43.0 Å². The molecule has 0 aromatic heterocycles. The Hall–Kier alpha value is -1.88. The van der Waals surface area contributed by atoms with Crippen LogP contribution in [-0.4, -0.2) is 24.4 Å². The van der Waals surface area contributed by atoms with Crippen LogP contribution < -0.4 is 16.0 Å². The van der Waals surface area contributed by atoms with Crippen LogP contribution in [0, 0.1) is 5.92 Å². The van der Waals surface area contributed by atoms with Crippen molar-refractivity contribution < 1.29 is 9.59 Å². The SMILES string of the molecule is CC(C)CC(=O)Nc1cccc(CNC(=O)CC2CCCN2)c1. The Kier molecular flexibility index (Phi) is 6.59. The number of carbonyl (C=O) groups is 2.